The van der Waals surface area contributed by atoms with Crippen molar-refractivity contribution in [1.82, 2.24) is 5.32 Å². The van der Waals surface area contributed by atoms with E-state index in [1.54, 1.807) is 36.4 Å². The van der Waals surface area contributed by atoms with Crippen LogP contribution in [0.2, 0.25) is 0 Å². The molecule has 1 aromatic carbocycles. The Hall–Kier alpha value is -2.34. The van der Waals surface area contributed by atoms with Crippen LogP contribution in [0.3, 0.4) is 0 Å². The van der Waals surface area contributed by atoms with Gasteiger partial charge < -0.3 is 14.8 Å². The largest absolute Gasteiger partial charge is 0.477 e. The van der Waals surface area contributed by atoms with Crippen molar-refractivity contribution in [3.05, 3.63) is 64.2 Å². The number of carbonyl (C=O) groups is 2. The first-order valence-electron chi connectivity index (χ1n) is 5.61. The van der Waals surface area contributed by atoms with Crippen LogP contribution >= 0.6 is 15.9 Å². The molecule has 0 atom stereocenters. The summed E-state index contributed by atoms with van der Waals surface area (Å²) in [5.41, 5.74) is 0.104. The number of carbonyl (C=O) groups excluding carboxylic acids is 1. The molecule has 102 valence electrons. The zero-order chi connectivity index (χ0) is 14.5. The van der Waals surface area contributed by atoms with Crippen molar-refractivity contribution in [2.45, 2.75) is 0 Å². The minimum atomic E-state index is -1.24. The lowest BCUT2D eigenvalue weighted by Crippen LogP contribution is -2.27. The number of amides is 1. The first-order valence-corrected chi connectivity index (χ1v) is 6.41. The number of hydrogen-bond donors (Lipinski definition) is 2. The van der Waals surface area contributed by atoms with Crippen LogP contribution in [0, 0.1) is 0 Å². The number of carboxylic acid groups (broad SMARTS) is 1. The van der Waals surface area contributed by atoms with Gasteiger partial charge in [-0.05, 0) is 36.4 Å². The predicted molar refractivity (Wildman–Crippen MR) is 75.9 cm³/mol. The zero-order valence-electron chi connectivity index (χ0n) is 10.2. The predicted octanol–water partition coefficient (Wildman–Crippen LogP) is 2.90. The van der Waals surface area contributed by atoms with Gasteiger partial charge in [0.25, 0.3) is 5.91 Å². The van der Waals surface area contributed by atoms with Gasteiger partial charge in [0.05, 0.1) is 6.26 Å². The van der Waals surface area contributed by atoms with Crippen LogP contribution in [0.5, 0.6) is 0 Å². The molecule has 0 saturated carbocycles. The standard InChI is InChI=1S/C14H10BrNO4/c15-10-5-3-9(4-6-10)13(17)16-12(14(18)19)8-11-2-1-7-20-11/h1-8H,(H,16,17)(H,18,19)/b12-8+. The minimum Gasteiger partial charge on any atom is -0.477 e. The molecule has 0 aliphatic carbocycles. The highest BCUT2D eigenvalue weighted by Crippen LogP contribution is 2.11. The highest BCUT2D eigenvalue weighted by atomic mass is 79.9. The second-order valence-electron chi connectivity index (χ2n) is 3.84. The number of furan rings is 1. The van der Waals surface area contributed by atoms with E-state index in [1.807, 2.05) is 0 Å². The number of halogens is 1. The normalized spacial score (nSPS) is 11.2. The molecular weight excluding hydrogens is 326 g/mol. The van der Waals surface area contributed by atoms with Gasteiger partial charge in [-0.2, -0.15) is 0 Å². The minimum absolute atomic E-state index is 0.257. The molecule has 0 fully saturated rings. The average Bonchev–Trinajstić information content (AvgIpc) is 2.91. The van der Waals surface area contributed by atoms with E-state index in [4.69, 9.17) is 9.52 Å². The summed E-state index contributed by atoms with van der Waals surface area (Å²) in [6, 6.07) is 9.80. The fourth-order valence-electron chi connectivity index (χ4n) is 1.46. The summed E-state index contributed by atoms with van der Waals surface area (Å²) in [7, 11) is 0. The van der Waals surface area contributed by atoms with Crippen molar-refractivity contribution in [3.63, 3.8) is 0 Å². The molecule has 20 heavy (non-hydrogen) atoms. The summed E-state index contributed by atoms with van der Waals surface area (Å²) >= 11 is 3.26. The van der Waals surface area contributed by atoms with Crippen molar-refractivity contribution in [2.75, 3.05) is 0 Å². The van der Waals surface area contributed by atoms with Crippen LogP contribution < -0.4 is 5.32 Å². The Balaban J connectivity index is 2.18. The number of rotatable bonds is 4. The number of hydrogen-bond acceptors (Lipinski definition) is 3. The summed E-state index contributed by atoms with van der Waals surface area (Å²) in [4.78, 5) is 23.1. The van der Waals surface area contributed by atoms with Crippen molar-refractivity contribution in [2.24, 2.45) is 0 Å². The maximum Gasteiger partial charge on any atom is 0.352 e. The van der Waals surface area contributed by atoms with Crippen molar-refractivity contribution < 1.29 is 19.1 Å². The molecule has 1 amide bonds. The Kier molecular flexibility index (Phi) is 4.37. The topological polar surface area (TPSA) is 79.5 Å². The quantitative estimate of drug-likeness (QED) is 0.842. The Morgan fingerprint density at radius 3 is 2.45 bits per heavy atom. The highest BCUT2D eigenvalue weighted by Gasteiger charge is 2.13. The van der Waals surface area contributed by atoms with Gasteiger partial charge in [0.2, 0.25) is 0 Å². The second-order valence-corrected chi connectivity index (χ2v) is 4.76. The van der Waals surface area contributed by atoms with E-state index in [1.165, 1.54) is 12.3 Å². The van der Waals surface area contributed by atoms with Crippen LogP contribution in [0.15, 0.2) is 57.2 Å². The van der Waals surface area contributed by atoms with Crippen LogP contribution in [0.1, 0.15) is 16.1 Å². The number of aliphatic carboxylic acids is 1. The van der Waals surface area contributed by atoms with E-state index in [9.17, 15) is 9.59 Å². The number of carboxylic acids is 1. The van der Waals surface area contributed by atoms with Gasteiger partial charge in [0, 0.05) is 16.1 Å². The van der Waals surface area contributed by atoms with Gasteiger partial charge in [-0.1, -0.05) is 15.9 Å². The molecule has 0 aliphatic rings. The summed E-state index contributed by atoms with van der Waals surface area (Å²) < 4.78 is 5.85. The maximum absolute atomic E-state index is 11.9. The van der Waals surface area contributed by atoms with Gasteiger partial charge in [-0.15, -0.1) is 0 Å². The van der Waals surface area contributed by atoms with Crippen molar-refractivity contribution in [3.8, 4) is 0 Å². The Bertz CT molecular complexity index is 644. The lowest BCUT2D eigenvalue weighted by Gasteiger charge is -2.05. The molecule has 0 bridgehead atoms. The molecule has 6 heteroatoms. The molecule has 5 nitrogen and oxygen atoms in total. The maximum atomic E-state index is 11.9. The molecule has 2 N–H and O–H groups in total. The van der Waals surface area contributed by atoms with Gasteiger partial charge in [-0.3, -0.25) is 4.79 Å². The fraction of sp³-hybridized carbons (Fsp3) is 0. The molecular formula is C14H10BrNO4. The van der Waals surface area contributed by atoms with Gasteiger partial charge in [0.15, 0.2) is 0 Å². The van der Waals surface area contributed by atoms with E-state index in [-0.39, 0.29) is 5.70 Å². The Morgan fingerprint density at radius 1 is 1.20 bits per heavy atom. The van der Waals surface area contributed by atoms with Crippen molar-refractivity contribution >= 4 is 33.9 Å². The SMILES string of the molecule is O=C(O)/C(=C\c1ccco1)NC(=O)c1ccc(Br)cc1. The fourth-order valence-corrected chi connectivity index (χ4v) is 1.73. The summed E-state index contributed by atoms with van der Waals surface area (Å²) in [6.45, 7) is 0. The van der Waals surface area contributed by atoms with Crippen molar-refractivity contribution in [1.29, 1.82) is 0 Å². The second kappa shape index (κ2) is 6.21. The van der Waals surface area contributed by atoms with Gasteiger partial charge in [0.1, 0.15) is 11.5 Å². The zero-order valence-corrected chi connectivity index (χ0v) is 11.8. The van der Waals surface area contributed by atoms with E-state index >= 15 is 0 Å². The first kappa shape index (κ1) is 14.1. The number of benzene rings is 1. The third kappa shape index (κ3) is 3.58. The molecule has 1 aromatic heterocycles. The third-order valence-corrected chi connectivity index (χ3v) is 2.94. The average molecular weight is 336 g/mol. The Morgan fingerprint density at radius 2 is 1.90 bits per heavy atom. The third-order valence-electron chi connectivity index (χ3n) is 2.41. The van der Waals surface area contributed by atoms with E-state index < -0.39 is 11.9 Å². The van der Waals surface area contributed by atoms with E-state index in [2.05, 4.69) is 21.2 Å². The van der Waals surface area contributed by atoms with Gasteiger partial charge >= 0.3 is 5.97 Å². The summed E-state index contributed by atoms with van der Waals surface area (Å²) in [5, 5.41) is 11.4. The monoisotopic (exact) mass is 335 g/mol. The van der Waals surface area contributed by atoms with Crippen LogP contribution in [-0.2, 0) is 4.79 Å². The number of nitrogens with one attached hydrogen (secondary N) is 1. The lowest BCUT2D eigenvalue weighted by atomic mass is 10.2. The molecule has 1 heterocycles. The highest BCUT2D eigenvalue weighted by molar-refractivity contribution is 9.10. The first-order chi connectivity index (χ1) is 9.56. The molecule has 2 aromatic rings. The van der Waals surface area contributed by atoms with Crippen LogP contribution in [0.25, 0.3) is 6.08 Å². The summed E-state index contributed by atoms with van der Waals surface area (Å²) in [5.74, 6) is -1.40. The molecule has 2 rings (SSSR count). The lowest BCUT2D eigenvalue weighted by molar-refractivity contribution is -0.132. The molecule has 0 aliphatic heterocycles. The Labute approximate surface area is 123 Å². The molecule has 0 unspecified atom stereocenters. The van der Waals surface area contributed by atoms with E-state index in [0.717, 1.165) is 4.47 Å². The smallest absolute Gasteiger partial charge is 0.352 e. The van der Waals surface area contributed by atoms with Gasteiger partial charge in [-0.25, -0.2) is 4.79 Å². The van der Waals surface area contributed by atoms with Crippen LogP contribution in [0.4, 0.5) is 0 Å². The molecule has 0 radical (unpaired) electrons. The molecule has 0 spiro atoms. The van der Waals surface area contributed by atoms with Crippen LogP contribution in [-0.4, -0.2) is 17.0 Å². The van der Waals surface area contributed by atoms with E-state index in [0.29, 0.717) is 11.3 Å². The summed E-state index contributed by atoms with van der Waals surface area (Å²) in [6.07, 6.45) is 2.67. The molecule has 0 saturated heterocycles.